The molecule has 0 fully saturated rings. The first-order chi connectivity index (χ1) is 10.0. The third kappa shape index (κ3) is 3.41. The summed E-state index contributed by atoms with van der Waals surface area (Å²) in [4.78, 5) is 12.1. The van der Waals surface area contributed by atoms with Crippen LogP contribution >= 0.6 is 0 Å². The van der Waals surface area contributed by atoms with Crippen LogP contribution < -0.4 is 15.8 Å². The molecule has 1 amide bonds. The van der Waals surface area contributed by atoms with Gasteiger partial charge in [0.15, 0.2) is 0 Å². The van der Waals surface area contributed by atoms with Gasteiger partial charge in [0.05, 0.1) is 12.8 Å². The first-order valence-corrected chi connectivity index (χ1v) is 6.72. The number of aromatic nitrogens is 2. The van der Waals surface area contributed by atoms with Crippen molar-refractivity contribution in [2.75, 3.05) is 12.4 Å². The van der Waals surface area contributed by atoms with Crippen LogP contribution in [0, 0.1) is 13.8 Å². The number of carbonyl (C=O) groups is 1. The number of anilines is 1. The van der Waals surface area contributed by atoms with Crippen molar-refractivity contribution < 1.29 is 9.53 Å². The molecule has 0 aliphatic rings. The maximum atomic E-state index is 12.1. The number of hydrogen-bond donors (Lipinski definition) is 2. The number of rotatable bonds is 5. The van der Waals surface area contributed by atoms with Crippen LogP contribution in [0.1, 0.15) is 17.0 Å². The van der Waals surface area contributed by atoms with Crippen LogP contribution in [0.15, 0.2) is 24.3 Å². The topological polar surface area (TPSA) is 82.2 Å². The molecule has 0 spiro atoms. The summed E-state index contributed by atoms with van der Waals surface area (Å²) in [5, 5.41) is 7.17. The normalized spacial score (nSPS) is 10.5. The lowest BCUT2D eigenvalue weighted by atomic mass is 10.2. The van der Waals surface area contributed by atoms with Gasteiger partial charge in [0.1, 0.15) is 12.3 Å². The quantitative estimate of drug-likeness (QED) is 0.875. The van der Waals surface area contributed by atoms with E-state index in [-0.39, 0.29) is 12.5 Å². The van der Waals surface area contributed by atoms with Gasteiger partial charge in [-0.3, -0.25) is 9.48 Å². The largest absolute Gasteiger partial charge is 0.497 e. The molecule has 6 heteroatoms. The van der Waals surface area contributed by atoms with E-state index in [1.807, 2.05) is 13.8 Å². The van der Waals surface area contributed by atoms with Crippen LogP contribution in [0.3, 0.4) is 0 Å². The van der Waals surface area contributed by atoms with Gasteiger partial charge in [0, 0.05) is 23.5 Å². The van der Waals surface area contributed by atoms with Crippen molar-refractivity contribution in [2.45, 2.75) is 26.9 Å². The Hall–Kier alpha value is -2.34. The van der Waals surface area contributed by atoms with E-state index in [1.54, 1.807) is 36.1 Å². The number of benzene rings is 1. The van der Waals surface area contributed by atoms with E-state index >= 15 is 0 Å². The zero-order valence-corrected chi connectivity index (χ0v) is 12.5. The van der Waals surface area contributed by atoms with E-state index in [0.29, 0.717) is 6.54 Å². The SMILES string of the molecule is COc1ccc(NC(=O)Cn2nc(C)c(CN)c2C)cc1. The van der Waals surface area contributed by atoms with E-state index in [2.05, 4.69) is 10.4 Å². The second kappa shape index (κ2) is 6.41. The highest BCUT2D eigenvalue weighted by molar-refractivity contribution is 5.90. The highest BCUT2D eigenvalue weighted by atomic mass is 16.5. The van der Waals surface area contributed by atoms with Crippen LogP contribution in [0.25, 0.3) is 0 Å². The molecule has 21 heavy (non-hydrogen) atoms. The summed E-state index contributed by atoms with van der Waals surface area (Å²) in [5.41, 5.74) is 9.20. The van der Waals surface area contributed by atoms with Crippen molar-refractivity contribution in [3.63, 3.8) is 0 Å². The van der Waals surface area contributed by atoms with Crippen molar-refractivity contribution in [3.05, 3.63) is 41.2 Å². The molecule has 1 aromatic carbocycles. The van der Waals surface area contributed by atoms with Crippen molar-refractivity contribution >= 4 is 11.6 Å². The van der Waals surface area contributed by atoms with Gasteiger partial charge in [0.2, 0.25) is 5.91 Å². The van der Waals surface area contributed by atoms with Crippen LogP contribution in [-0.4, -0.2) is 22.8 Å². The van der Waals surface area contributed by atoms with Gasteiger partial charge in [-0.15, -0.1) is 0 Å². The van der Waals surface area contributed by atoms with Gasteiger partial charge < -0.3 is 15.8 Å². The maximum Gasteiger partial charge on any atom is 0.246 e. The minimum atomic E-state index is -0.130. The molecule has 2 rings (SSSR count). The van der Waals surface area contributed by atoms with Crippen LogP contribution in [0.5, 0.6) is 5.75 Å². The Morgan fingerprint density at radius 2 is 2.00 bits per heavy atom. The smallest absolute Gasteiger partial charge is 0.246 e. The molecule has 2 aromatic rings. The highest BCUT2D eigenvalue weighted by Crippen LogP contribution is 2.16. The minimum absolute atomic E-state index is 0.130. The summed E-state index contributed by atoms with van der Waals surface area (Å²) in [7, 11) is 1.60. The van der Waals surface area contributed by atoms with Crippen LogP contribution in [-0.2, 0) is 17.9 Å². The summed E-state index contributed by atoms with van der Waals surface area (Å²) in [6.07, 6.45) is 0. The number of carbonyl (C=O) groups excluding carboxylic acids is 1. The first-order valence-electron chi connectivity index (χ1n) is 6.72. The molecule has 1 aromatic heterocycles. The molecule has 112 valence electrons. The molecular weight excluding hydrogens is 268 g/mol. The Kier molecular flexibility index (Phi) is 4.59. The zero-order valence-electron chi connectivity index (χ0n) is 12.5. The van der Waals surface area contributed by atoms with Crippen molar-refractivity contribution in [2.24, 2.45) is 5.73 Å². The maximum absolute atomic E-state index is 12.1. The van der Waals surface area contributed by atoms with Gasteiger partial charge in [-0.25, -0.2) is 0 Å². The van der Waals surface area contributed by atoms with Crippen LogP contribution in [0.2, 0.25) is 0 Å². The summed E-state index contributed by atoms with van der Waals surface area (Å²) < 4.78 is 6.75. The number of nitrogens with one attached hydrogen (secondary N) is 1. The minimum Gasteiger partial charge on any atom is -0.497 e. The molecule has 0 saturated heterocycles. The Bertz CT molecular complexity index is 632. The van der Waals surface area contributed by atoms with E-state index < -0.39 is 0 Å². The average Bonchev–Trinajstić information content (AvgIpc) is 2.73. The fraction of sp³-hybridized carbons (Fsp3) is 0.333. The summed E-state index contributed by atoms with van der Waals surface area (Å²) in [6, 6.07) is 7.18. The standard InChI is InChI=1S/C15H20N4O2/c1-10-14(8-16)11(2)19(18-10)9-15(20)17-12-4-6-13(21-3)7-5-12/h4-7H,8-9,16H2,1-3H3,(H,17,20). The predicted molar refractivity (Wildman–Crippen MR) is 81.2 cm³/mol. The molecule has 0 aliphatic carbocycles. The fourth-order valence-electron chi connectivity index (χ4n) is 2.19. The first kappa shape index (κ1) is 15.1. The van der Waals surface area contributed by atoms with Crippen molar-refractivity contribution in [1.82, 2.24) is 9.78 Å². The summed E-state index contributed by atoms with van der Waals surface area (Å²) in [5.74, 6) is 0.619. The van der Waals surface area contributed by atoms with E-state index in [0.717, 1.165) is 28.4 Å². The number of ether oxygens (including phenoxy) is 1. The molecule has 0 aliphatic heterocycles. The molecule has 6 nitrogen and oxygen atoms in total. The number of nitrogens with two attached hydrogens (primary N) is 1. The summed E-state index contributed by atoms with van der Waals surface area (Å²) in [6.45, 7) is 4.41. The highest BCUT2D eigenvalue weighted by Gasteiger charge is 2.12. The Morgan fingerprint density at radius 1 is 1.33 bits per heavy atom. The van der Waals surface area contributed by atoms with Crippen LogP contribution in [0.4, 0.5) is 5.69 Å². The van der Waals surface area contributed by atoms with Gasteiger partial charge in [-0.1, -0.05) is 0 Å². The average molecular weight is 288 g/mol. The number of methoxy groups -OCH3 is 1. The third-order valence-corrected chi connectivity index (χ3v) is 3.40. The molecule has 0 saturated carbocycles. The lowest BCUT2D eigenvalue weighted by Gasteiger charge is -2.08. The Morgan fingerprint density at radius 3 is 2.52 bits per heavy atom. The van der Waals surface area contributed by atoms with Crippen molar-refractivity contribution in [3.8, 4) is 5.75 Å². The molecule has 3 N–H and O–H groups in total. The van der Waals surface area contributed by atoms with Gasteiger partial charge in [-0.05, 0) is 38.1 Å². The number of amides is 1. The van der Waals surface area contributed by atoms with Gasteiger partial charge >= 0.3 is 0 Å². The molecular formula is C15H20N4O2. The number of hydrogen-bond acceptors (Lipinski definition) is 4. The monoisotopic (exact) mass is 288 g/mol. The van der Waals surface area contributed by atoms with Crippen molar-refractivity contribution in [1.29, 1.82) is 0 Å². The van der Waals surface area contributed by atoms with Gasteiger partial charge in [0.25, 0.3) is 0 Å². The molecule has 0 radical (unpaired) electrons. The fourth-order valence-corrected chi connectivity index (χ4v) is 2.19. The number of aryl methyl sites for hydroxylation is 1. The second-order valence-electron chi connectivity index (χ2n) is 4.79. The van der Waals surface area contributed by atoms with E-state index in [4.69, 9.17) is 10.5 Å². The molecule has 0 bridgehead atoms. The number of nitrogens with zero attached hydrogens (tertiary/aromatic N) is 2. The molecule has 0 unspecified atom stereocenters. The second-order valence-corrected chi connectivity index (χ2v) is 4.79. The Balaban J connectivity index is 2.04. The molecule has 1 heterocycles. The molecule has 0 atom stereocenters. The predicted octanol–water partition coefficient (Wildman–Crippen LogP) is 1.61. The summed E-state index contributed by atoms with van der Waals surface area (Å²) >= 11 is 0. The van der Waals surface area contributed by atoms with Gasteiger partial charge in [-0.2, -0.15) is 5.10 Å². The lowest BCUT2D eigenvalue weighted by molar-refractivity contribution is -0.116. The van der Waals surface area contributed by atoms with E-state index in [9.17, 15) is 4.79 Å². The zero-order chi connectivity index (χ0) is 15.4. The third-order valence-electron chi connectivity index (χ3n) is 3.40. The Labute approximate surface area is 123 Å². The lowest BCUT2D eigenvalue weighted by Crippen LogP contribution is -2.20. The van der Waals surface area contributed by atoms with E-state index in [1.165, 1.54) is 0 Å².